The summed E-state index contributed by atoms with van der Waals surface area (Å²) in [5.74, 6) is 0.601. The highest BCUT2D eigenvalue weighted by atomic mass is 79.9. The minimum absolute atomic E-state index is 0.396. The van der Waals surface area contributed by atoms with E-state index in [1.54, 1.807) is 11.3 Å². The summed E-state index contributed by atoms with van der Waals surface area (Å²) in [4.78, 5) is 5.41. The molecular formula is C6H7BrN2S. The molecule has 1 aromatic rings. The first-order chi connectivity index (χ1) is 4.77. The lowest BCUT2D eigenvalue weighted by Crippen LogP contribution is -1.99. The average molecular weight is 219 g/mol. The molecule has 0 aliphatic heterocycles. The van der Waals surface area contributed by atoms with Crippen LogP contribution in [0.3, 0.4) is 0 Å². The third kappa shape index (κ3) is 1.11. The molecule has 2 nitrogen and oxygen atoms in total. The van der Waals surface area contributed by atoms with Gasteiger partial charge in [0.05, 0.1) is 0 Å². The second-order valence-electron chi connectivity index (χ2n) is 2.52. The highest BCUT2D eigenvalue weighted by molar-refractivity contribution is 9.11. The van der Waals surface area contributed by atoms with Crippen LogP contribution >= 0.6 is 27.3 Å². The zero-order valence-electron chi connectivity index (χ0n) is 5.25. The summed E-state index contributed by atoms with van der Waals surface area (Å²) in [6.07, 6.45) is 3.04. The molecule has 1 saturated carbocycles. The van der Waals surface area contributed by atoms with E-state index in [1.165, 1.54) is 4.88 Å². The van der Waals surface area contributed by atoms with Gasteiger partial charge >= 0.3 is 0 Å². The van der Waals surface area contributed by atoms with E-state index in [1.807, 2.05) is 6.20 Å². The Morgan fingerprint density at radius 3 is 2.90 bits per heavy atom. The molecule has 1 heterocycles. The smallest absolute Gasteiger partial charge is 0.159 e. The van der Waals surface area contributed by atoms with Crippen LogP contribution in [-0.2, 0) is 0 Å². The maximum atomic E-state index is 5.67. The molecule has 10 heavy (non-hydrogen) atoms. The van der Waals surface area contributed by atoms with Crippen LogP contribution < -0.4 is 5.73 Å². The number of hydrogen-bond acceptors (Lipinski definition) is 3. The van der Waals surface area contributed by atoms with Gasteiger partial charge in [-0.1, -0.05) is 0 Å². The molecule has 54 valence electrons. The van der Waals surface area contributed by atoms with Crippen LogP contribution in [0.25, 0.3) is 0 Å². The van der Waals surface area contributed by atoms with Crippen molar-refractivity contribution in [3.8, 4) is 0 Å². The topological polar surface area (TPSA) is 38.9 Å². The highest BCUT2D eigenvalue weighted by Crippen LogP contribution is 2.42. The molecular weight excluding hydrogens is 212 g/mol. The highest BCUT2D eigenvalue weighted by Gasteiger charge is 2.36. The molecule has 0 unspecified atom stereocenters. The van der Waals surface area contributed by atoms with Gasteiger partial charge in [-0.05, 0) is 22.4 Å². The maximum Gasteiger partial charge on any atom is 0.159 e. The Morgan fingerprint density at radius 1 is 1.80 bits per heavy atom. The van der Waals surface area contributed by atoms with Gasteiger partial charge < -0.3 is 5.73 Å². The lowest BCUT2D eigenvalue weighted by Gasteiger charge is -1.85. The number of rotatable bonds is 1. The average Bonchev–Trinajstić information content (AvgIpc) is 2.42. The van der Waals surface area contributed by atoms with E-state index in [0.29, 0.717) is 12.0 Å². The van der Waals surface area contributed by atoms with Crippen molar-refractivity contribution in [1.29, 1.82) is 0 Å². The van der Waals surface area contributed by atoms with E-state index in [-0.39, 0.29) is 0 Å². The summed E-state index contributed by atoms with van der Waals surface area (Å²) in [6.45, 7) is 0. The number of nitrogens with two attached hydrogens (primary N) is 1. The fraction of sp³-hybridized carbons (Fsp3) is 0.500. The van der Waals surface area contributed by atoms with Crippen molar-refractivity contribution >= 4 is 27.3 Å². The second kappa shape index (κ2) is 2.29. The summed E-state index contributed by atoms with van der Waals surface area (Å²) in [6, 6.07) is 0.396. The Labute approximate surface area is 71.6 Å². The van der Waals surface area contributed by atoms with E-state index >= 15 is 0 Å². The third-order valence-electron chi connectivity index (χ3n) is 1.70. The van der Waals surface area contributed by atoms with Crippen LogP contribution in [0.15, 0.2) is 10.1 Å². The first-order valence-electron chi connectivity index (χ1n) is 3.14. The minimum Gasteiger partial charge on any atom is -0.327 e. The van der Waals surface area contributed by atoms with Gasteiger partial charge in [0.15, 0.2) is 3.92 Å². The normalized spacial score (nSPS) is 30.6. The SMILES string of the molecule is N[C@@H]1C[C@H]1c1cnc(Br)s1. The Kier molecular flexibility index (Phi) is 1.55. The van der Waals surface area contributed by atoms with Crippen LogP contribution in [0.2, 0.25) is 0 Å². The van der Waals surface area contributed by atoms with E-state index in [0.717, 1.165) is 10.3 Å². The molecule has 0 radical (unpaired) electrons. The molecule has 4 heteroatoms. The standard InChI is InChI=1S/C6H7BrN2S/c7-6-9-2-5(10-6)3-1-4(3)8/h2-4H,1,8H2/t3-,4-/m1/s1. The molecule has 1 aromatic heterocycles. The quantitative estimate of drug-likeness (QED) is 0.780. The van der Waals surface area contributed by atoms with Gasteiger partial charge in [-0.15, -0.1) is 11.3 Å². The molecule has 0 aromatic carbocycles. The molecule has 2 N–H and O–H groups in total. The van der Waals surface area contributed by atoms with Gasteiger partial charge in [0.2, 0.25) is 0 Å². The van der Waals surface area contributed by atoms with E-state index in [4.69, 9.17) is 5.73 Å². The maximum absolute atomic E-state index is 5.67. The van der Waals surface area contributed by atoms with Crippen molar-refractivity contribution in [3.63, 3.8) is 0 Å². The van der Waals surface area contributed by atoms with Gasteiger partial charge in [0.1, 0.15) is 0 Å². The monoisotopic (exact) mass is 218 g/mol. The predicted molar refractivity (Wildman–Crippen MR) is 45.1 cm³/mol. The fourth-order valence-corrected chi connectivity index (χ4v) is 2.47. The van der Waals surface area contributed by atoms with Crippen molar-refractivity contribution in [2.75, 3.05) is 0 Å². The van der Waals surface area contributed by atoms with Crippen molar-refractivity contribution in [3.05, 3.63) is 15.0 Å². The number of hydrogen-bond donors (Lipinski definition) is 1. The van der Waals surface area contributed by atoms with Gasteiger partial charge in [0.25, 0.3) is 0 Å². The Hall–Kier alpha value is 0.0700. The van der Waals surface area contributed by atoms with Crippen molar-refractivity contribution < 1.29 is 0 Å². The predicted octanol–water partition coefficient (Wildman–Crippen LogP) is 1.72. The molecule has 0 saturated heterocycles. The van der Waals surface area contributed by atoms with Crippen LogP contribution in [0.5, 0.6) is 0 Å². The second-order valence-corrected chi connectivity index (χ2v) is 4.86. The van der Waals surface area contributed by atoms with Crippen LogP contribution in [0.4, 0.5) is 0 Å². The first-order valence-corrected chi connectivity index (χ1v) is 4.75. The summed E-state index contributed by atoms with van der Waals surface area (Å²) < 4.78 is 0.960. The molecule has 0 bridgehead atoms. The number of halogens is 1. The molecule has 1 fully saturated rings. The molecule has 1 aliphatic carbocycles. The number of thiazole rings is 1. The van der Waals surface area contributed by atoms with E-state index in [9.17, 15) is 0 Å². The Morgan fingerprint density at radius 2 is 2.50 bits per heavy atom. The zero-order chi connectivity index (χ0) is 7.14. The van der Waals surface area contributed by atoms with Crippen molar-refractivity contribution in [2.45, 2.75) is 18.4 Å². The molecule has 2 rings (SSSR count). The lowest BCUT2D eigenvalue weighted by molar-refractivity contribution is 1.00. The lowest BCUT2D eigenvalue weighted by atomic mass is 10.4. The molecule has 0 amide bonds. The first kappa shape index (κ1) is 6.76. The Balaban J connectivity index is 2.20. The summed E-state index contributed by atoms with van der Waals surface area (Å²) in [5.41, 5.74) is 5.67. The summed E-state index contributed by atoms with van der Waals surface area (Å²) in [7, 11) is 0. The molecule has 2 atom stereocenters. The third-order valence-corrected chi connectivity index (χ3v) is 3.31. The molecule has 1 aliphatic rings. The van der Waals surface area contributed by atoms with E-state index in [2.05, 4.69) is 20.9 Å². The molecule has 0 spiro atoms. The van der Waals surface area contributed by atoms with Gasteiger partial charge in [-0.25, -0.2) is 4.98 Å². The van der Waals surface area contributed by atoms with Gasteiger partial charge in [-0.3, -0.25) is 0 Å². The van der Waals surface area contributed by atoms with Crippen molar-refractivity contribution in [2.24, 2.45) is 5.73 Å². The van der Waals surface area contributed by atoms with E-state index < -0.39 is 0 Å². The number of nitrogens with zero attached hydrogens (tertiary/aromatic N) is 1. The largest absolute Gasteiger partial charge is 0.327 e. The fourth-order valence-electron chi connectivity index (χ4n) is 0.978. The van der Waals surface area contributed by atoms with Crippen LogP contribution in [-0.4, -0.2) is 11.0 Å². The van der Waals surface area contributed by atoms with Gasteiger partial charge in [0, 0.05) is 23.0 Å². The minimum atomic E-state index is 0.396. The zero-order valence-corrected chi connectivity index (χ0v) is 7.65. The summed E-state index contributed by atoms with van der Waals surface area (Å²) >= 11 is 5.00. The van der Waals surface area contributed by atoms with Crippen molar-refractivity contribution in [1.82, 2.24) is 4.98 Å². The van der Waals surface area contributed by atoms with Crippen LogP contribution in [0, 0.1) is 0 Å². The Bertz CT molecular complexity index is 248. The number of aromatic nitrogens is 1. The van der Waals surface area contributed by atoms with Crippen LogP contribution in [0.1, 0.15) is 17.2 Å². The van der Waals surface area contributed by atoms with Gasteiger partial charge in [-0.2, -0.15) is 0 Å². The summed E-state index contributed by atoms with van der Waals surface area (Å²) in [5, 5.41) is 0.